The minimum absolute atomic E-state index is 0.120. The van der Waals surface area contributed by atoms with E-state index in [0.29, 0.717) is 25.6 Å². The normalized spacial score (nSPS) is 27.5. The van der Waals surface area contributed by atoms with Gasteiger partial charge in [-0.05, 0) is 40.3 Å². The summed E-state index contributed by atoms with van der Waals surface area (Å²) in [5.74, 6) is 0.207. The highest BCUT2D eigenvalue weighted by molar-refractivity contribution is 5.89. The summed E-state index contributed by atoms with van der Waals surface area (Å²) in [5, 5.41) is 0. The van der Waals surface area contributed by atoms with E-state index in [4.69, 9.17) is 0 Å². The molecule has 0 N–H and O–H groups in total. The van der Waals surface area contributed by atoms with E-state index in [2.05, 4.69) is 19.0 Å². The fraction of sp³-hybridized carbons (Fsp3) is 0.867. The number of carbonyl (C=O) groups excluding carboxylic acids is 2. The molecule has 0 spiro atoms. The van der Waals surface area contributed by atoms with Crippen LogP contribution in [0.1, 0.15) is 32.6 Å². The van der Waals surface area contributed by atoms with Crippen molar-refractivity contribution in [1.82, 2.24) is 14.7 Å². The minimum atomic E-state index is -0.120. The number of rotatable bonds is 4. The van der Waals surface area contributed by atoms with Crippen LogP contribution in [-0.4, -0.2) is 72.8 Å². The lowest BCUT2D eigenvalue weighted by molar-refractivity contribution is -0.139. The third-order valence-electron chi connectivity index (χ3n) is 4.43. The van der Waals surface area contributed by atoms with Crippen molar-refractivity contribution in [3.05, 3.63) is 0 Å². The van der Waals surface area contributed by atoms with Crippen molar-refractivity contribution in [2.45, 2.75) is 38.6 Å². The standard InChI is InChI=1S/C15H27N3O2/c1-4-17-10-12(9-14(17)19)15(20)18-8-6-5-7-13(18)11-16(2)3/h12-13H,4-11H2,1-3H3/t12-,13-/m1/s1. The molecule has 2 aliphatic rings. The van der Waals surface area contributed by atoms with Crippen molar-refractivity contribution in [3.8, 4) is 0 Å². The van der Waals surface area contributed by atoms with Crippen molar-refractivity contribution in [1.29, 1.82) is 0 Å². The first kappa shape index (κ1) is 15.3. The van der Waals surface area contributed by atoms with Crippen LogP contribution in [0.4, 0.5) is 0 Å². The van der Waals surface area contributed by atoms with Crippen molar-refractivity contribution in [2.24, 2.45) is 5.92 Å². The van der Waals surface area contributed by atoms with E-state index >= 15 is 0 Å². The van der Waals surface area contributed by atoms with E-state index in [1.54, 1.807) is 4.90 Å². The molecule has 0 unspecified atom stereocenters. The van der Waals surface area contributed by atoms with Gasteiger partial charge >= 0.3 is 0 Å². The fourth-order valence-corrected chi connectivity index (χ4v) is 3.38. The highest BCUT2D eigenvalue weighted by Gasteiger charge is 2.38. The molecule has 0 aliphatic carbocycles. The Morgan fingerprint density at radius 1 is 1.35 bits per heavy atom. The maximum Gasteiger partial charge on any atom is 0.228 e. The Bertz CT molecular complexity index is 370. The molecule has 0 aromatic heterocycles. The maximum absolute atomic E-state index is 12.7. The number of likely N-dealkylation sites (N-methyl/N-ethyl adjacent to an activating group) is 1. The third-order valence-corrected chi connectivity index (χ3v) is 4.43. The molecule has 0 saturated carbocycles. The number of piperidine rings is 1. The number of amides is 2. The first-order valence-electron chi connectivity index (χ1n) is 7.76. The largest absolute Gasteiger partial charge is 0.342 e. The van der Waals surface area contributed by atoms with Crippen LogP contribution in [0.15, 0.2) is 0 Å². The molecule has 2 fully saturated rings. The summed E-state index contributed by atoms with van der Waals surface area (Å²) in [5.41, 5.74) is 0. The molecule has 0 radical (unpaired) electrons. The lowest BCUT2D eigenvalue weighted by Crippen LogP contribution is -2.50. The highest BCUT2D eigenvalue weighted by Crippen LogP contribution is 2.25. The molecule has 5 heteroatoms. The number of hydrogen-bond acceptors (Lipinski definition) is 3. The van der Waals surface area contributed by atoms with Crippen molar-refractivity contribution >= 4 is 11.8 Å². The zero-order valence-electron chi connectivity index (χ0n) is 13.0. The summed E-state index contributed by atoms with van der Waals surface area (Å²) in [6.07, 6.45) is 3.78. The zero-order chi connectivity index (χ0) is 14.7. The number of carbonyl (C=O) groups is 2. The third kappa shape index (κ3) is 3.32. The SMILES string of the molecule is CCN1C[C@H](C(=O)N2CCCC[C@@H]2CN(C)C)CC1=O. The molecular formula is C15H27N3O2. The van der Waals surface area contributed by atoms with Gasteiger partial charge in [-0.2, -0.15) is 0 Å². The summed E-state index contributed by atoms with van der Waals surface area (Å²) in [7, 11) is 4.10. The molecule has 20 heavy (non-hydrogen) atoms. The monoisotopic (exact) mass is 281 g/mol. The van der Waals surface area contributed by atoms with E-state index in [0.717, 1.165) is 25.9 Å². The quantitative estimate of drug-likeness (QED) is 0.765. The van der Waals surface area contributed by atoms with E-state index in [-0.39, 0.29) is 17.7 Å². The summed E-state index contributed by atoms with van der Waals surface area (Å²) in [6.45, 7) is 5.07. The van der Waals surface area contributed by atoms with Crippen LogP contribution in [0.2, 0.25) is 0 Å². The number of hydrogen-bond donors (Lipinski definition) is 0. The minimum Gasteiger partial charge on any atom is -0.342 e. The Labute approximate surface area is 121 Å². The topological polar surface area (TPSA) is 43.9 Å². The van der Waals surface area contributed by atoms with Gasteiger partial charge in [-0.3, -0.25) is 9.59 Å². The van der Waals surface area contributed by atoms with Crippen LogP contribution < -0.4 is 0 Å². The molecule has 2 aliphatic heterocycles. The highest BCUT2D eigenvalue weighted by atomic mass is 16.2. The van der Waals surface area contributed by atoms with Crippen LogP contribution in [0.5, 0.6) is 0 Å². The van der Waals surface area contributed by atoms with Crippen molar-refractivity contribution < 1.29 is 9.59 Å². The van der Waals surface area contributed by atoms with Crippen molar-refractivity contribution in [3.63, 3.8) is 0 Å². The molecule has 0 bridgehead atoms. The van der Waals surface area contributed by atoms with Gasteiger partial charge in [0.05, 0.1) is 5.92 Å². The van der Waals surface area contributed by atoms with E-state index in [1.165, 1.54) is 6.42 Å². The van der Waals surface area contributed by atoms with Gasteiger partial charge in [0.25, 0.3) is 0 Å². The number of nitrogens with zero attached hydrogens (tertiary/aromatic N) is 3. The number of likely N-dealkylation sites (tertiary alicyclic amines) is 2. The fourth-order valence-electron chi connectivity index (χ4n) is 3.38. The van der Waals surface area contributed by atoms with Gasteiger partial charge < -0.3 is 14.7 Å². The second-order valence-corrected chi connectivity index (χ2v) is 6.28. The predicted molar refractivity (Wildman–Crippen MR) is 78.3 cm³/mol. The molecule has 114 valence electrons. The molecule has 2 saturated heterocycles. The molecule has 2 heterocycles. The molecule has 2 atom stereocenters. The summed E-state index contributed by atoms with van der Waals surface area (Å²) in [6, 6.07) is 0.317. The lowest BCUT2D eigenvalue weighted by Gasteiger charge is -2.38. The van der Waals surface area contributed by atoms with Crippen LogP contribution in [0.25, 0.3) is 0 Å². The molecule has 5 nitrogen and oxygen atoms in total. The van der Waals surface area contributed by atoms with Crippen LogP contribution in [-0.2, 0) is 9.59 Å². The van der Waals surface area contributed by atoms with Crippen LogP contribution >= 0.6 is 0 Å². The molecule has 2 rings (SSSR count). The van der Waals surface area contributed by atoms with Gasteiger partial charge in [0, 0.05) is 38.6 Å². The molecule has 0 aromatic carbocycles. The van der Waals surface area contributed by atoms with Crippen LogP contribution in [0.3, 0.4) is 0 Å². The van der Waals surface area contributed by atoms with Gasteiger partial charge in [0.1, 0.15) is 0 Å². The second kappa shape index (κ2) is 6.57. The Hall–Kier alpha value is -1.10. The van der Waals surface area contributed by atoms with Crippen LogP contribution in [0, 0.1) is 5.92 Å². The van der Waals surface area contributed by atoms with Gasteiger partial charge in [0.15, 0.2) is 0 Å². The second-order valence-electron chi connectivity index (χ2n) is 6.28. The predicted octanol–water partition coefficient (Wildman–Crippen LogP) is 0.797. The maximum atomic E-state index is 12.7. The first-order chi connectivity index (χ1) is 9.52. The smallest absolute Gasteiger partial charge is 0.228 e. The van der Waals surface area contributed by atoms with E-state index < -0.39 is 0 Å². The first-order valence-corrected chi connectivity index (χ1v) is 7.76. The Kier molecular flexibility index (Phi) is 5.02. The molecule has 2 amide bonds. The summed E-state index contributed by atoms with van der Waals surface area (Å²) < 4.78 is 0. The summed E-state index contributed by atoms with van der Waals surface area (Å²) >= 11 is 0. The summed E-state index contributed by atoms with van der Waals surface area (Å²) in [4.78, 5) is 30.5. The average molecular weight is 281 g/mol. The van der Waals surface area contributed by atoms with Gasteiger partial charge in [0.2, 0.25) is 11.8 Å². The Morgan fingerprint density at radius 2 is 2.10 bits per heavy atom. The zero-order valence-corrected chi connectivity index (χ0v) is 13.0. The molecule has 0 aromatic rings. The lowest BCUT2D eigenvalue weighted by atomic mass is 9.98. The average Bonchev–Trinajstić information content (AvgIpc) is 2.79. The van der Waals surface area contributed by atoms with Gasteiger partial charge in [-0.1, -0.05) is 0 Å². The van der Waals surface area contributed by atoms with Gasteiger partial charge in [-0.15, -0.1) is 0 Å². The molecular weight excluding hydrogens is 254 g/mol. The van der Waals surface area contributed by atoms with Gasteiger partial charge in [-0.25, -0.2) is 0 Å². The van der Waals surface area contributed by atoms with Crippen molar-refractivity contribution in [2.75, 3.05) is 40.3 Å². The van der Waals surface area contributed by atoms with E-state index in [1.807, 2.05) is 11.8 Å². The van der Waals surface area contributed by atoms with E-state index in [9.17, 15) is 9.59 Å². The Morgan fingerprint density at radius 3 is 2.70 bits per heavy atom. The Balaban J connectivity index is 2.01.